The lowest BCUT2D eigenvalue weighted by Gasteiger charge is -2.09. The SMILES string of the molecule is O=C(Nc1ccc(S(=O)Nc2ccccc2Br)cc1)c1ccccn1. The number of halogens is 1. The minimum absolute atomic E-state index is 0.291. The van der Waals surface area contributed by atoms with Gasteiger partial charge in [-0.2, -0.15) is 0 Å². The van der Waals surface area contributed by atoms with Gasteiger partial charge in [0.05, 0.1) is 10.6 Å². The summed E-state index contributed by atoms with van der Waals surface area (Å²) in [7, 11) is -1.41. The lowest BCUT2D eigenvalue weighted by molar-refractivity contribution is 0.102. The molecular formula is C18H14BrN3O2S. The topological polar surface area (TPSA) is 71.1 Å². The number of para-hydroxylation sites is 1. The number of hydrogen-bond acceptors (Lipinski definition) is 3. The third-order valence-corrected chi connectivity index (χ3v) is 5.10. The number of nitrogens with one attached hydrogen (secondary N) is 2. The zero-order chi connectivity index (χ0) is 17.6. The summed E-state index contributed by atoms with van der Waals surface area (Å²) in [6.07, 6.45) is 1.56. The normalized spacial score (nSPS) is 11.6. The van der Waals surface area contributed by atoms with Crippen molar-refractivity contribution in [1.82, 2.24) is 4.98 Å². The van der Waals surface area contributed by atoms with Crippen LogP contribution in [-0.4, -0.2) is 15.1 Å². The summed E-state index contributed by atoms with van der Waals surface area (Å²) in [6.45, 7) is 0. The minimum Gasteiger partial charge on any atom is -0.321 e. The summed E-state index contributed by atoms with van der Waals surface area (Å²) in [5.41, 5.74) is 1.69. The van der Waals surface area contributed by atoms with E-state index in [1.807, 2.05) is 24.3 Å². The van der Waals surface area contributed by atoms with Crippen molar-refractivity contribution in [3.63, 3.8) is 0 Å². The molecule has 1 unspecified atom stereocenters. The largest absolute Gasteiger partial charge is 0.321 e. The van der Waals surface area contributed by atoms with E-state index in [9.17, 15) is 9.00 Å². The Kier molecular flexibility index (Phi) is 5.57. The first-order valence-corrected chi connectivity index (χ1v) is 9.33. The van der Waals surface area contributed by atoms with Gasteiger partial charge in [0.1, 0.15) is 16.7 Å². The van der Waals surface area contributed by atoms with Crippen LogP contribution < -0.4 is 10.0 Å². The van der Waals surface area contributed by atoms with E-state index in [2.05, 4.69) is 31.0 Å². The van der Waals surface area contributed by atoms with Crippen LogP contribution in [0.1, 0.15) is 10.5 Å². The van der Waals surface area contributed by atoms with Crippen molar-refractivity contribution >= 4 is 44.2 Å². The van der Waals surface area contributed by atoms with Crippen molar-refractivity contribution in [2.45, 2.75) is 4.90 Å². The molecule has 1 heterocycles. The standard InChI is InChI=1S/C18H14BrN3O2S/c19-15-5-1-2-6-16(15)22-25(24)14-10-8-13(9-11-14)21-18(23)17-7-3-4-12-20-17/h1-12,22H,(H,21,23). The Morgan fingerprint density at radius 2 is 1.68 bits per heavy atom. The fourth-order valence-electron chi connectivity index (χ4n) is 2.06. The molecule has 1 aromatic heterocycles. The molecule has 0 aliphatic carbocycles. The molecule has 2 N–H and O–H groups in total. The van der Waals surface area contributed by atoms with Crippen LogP contribution >= 0.6 is 15.9 Å². The van der Waals surface area contributed by atoms with Crippen LogP contribution in [0.25, 0.3) is 0 Å². The number of pyridine rings is 1. The first kappa shape index (κ1) is 17.3. The maximum Gasteiger partial charge on any atom is 0.274 e. The first-order valence-electron chi connectivity index (χ1n) is 7.39. The van der Waals surface area contributed by atoms with E-state index >= 15 is 0 Å². The molecular weight excluding hydrogens is 402 g/mol. The molecule has 0 aliphatic rings. The Balaban J connectivity index is 1.67. The zero-order valence-corrected chi connectivity index (χ0v) is 15.4. The van der Waals surface area contributed by atoms with E-state index in [-0.39, 0.29) is 5.91 Å². The third kappa shape index (κ3) is 4.52. The van der Waals surface area contributed by atoms with Gasteiger partial charge < -0.3 is 10.0 Å². The average Bonchev–Trinajstić information content (AvgIpc) is 2.65. The molecule has 3 rings (SSSR count). The number of nitrogens with zero attached hydrogens (tertiary/aromatic N) is 1. The van der Waals surface area contributed by atoms with Crippen molar-refractivity contribution in [3.8, 4) is 0 Å². The predicted octanol–water partition coefficient (Wildman–Crippen LogP) is 4.23. The number of anilines is 2. The summed E-state index contributed by atoms with van der Waals surface area (Å²) >= 11 is 3.41. The highest BCUT2D eigenvalue weighted by atomic mass is 79.9. The Morgan fingerprint density at radius 1 is 0.960 bits per heavy atom. The second kappa shape index (κ2) is 8.04. The van der Waals surface area contributed by atoms with Gasteiger partial charge in [-0.25, -0.2) is 4.21 Å². The van der Waals surface area contributed by atoms with Crippen LogP contribution in [0.4, 0.5) is 11.4 Å². The minimum atomic E-state index is -1.41. The molecule has 2 aromatic carbocycles. The second-order valence-electron chi connectivity index (χ2n) is 5.04. The van der Waals surface area contributed by atoms with Gasteiger partial charge in [-0.3, -0.25) is 9.78 Å². The molecule has 0 radical (unpaired) electrons. The molecule has 0 saturated heterocycles. The first-order chi connectivity index (χ1) is 12.1. The molecule has 126 valence electrons. The quantitative estimate of drug-likeness (QED) is 0.654. The van der Waals surface area contributed by atoms with Gasteiger partial charge in [0, 0.05) is 16.4 Å². The van der Waals surface area contributed by atoms with E-state index in [0.717, 1.165) is 10.2 Å². The van der Waals surface area contributed by atoms with Crippen molar-refractivity contribution in [2.75, 3.05) is 10.0 Å². The van der Waals surface area contributed by atoms with Gasteiger partial charge in [-0.15, -0.1) is 0 Å². The summed E-state index contributed by atoms with van der Waals surface area (Å²) in [5.74, 6) is -0.291. The van der Waals surface area contributed by atoms with Gasteiger partial charge in [0.25, 0.3) is 5.91 Å². The van der Waals surface area contributed by atoms with Crippen molar-refractivity contribution < 1.29 is 9.00 Å². The van der Waals surface area contributed by atoms with Crippen molar-refractivity contribution in [1.29, 1.82) is 0 Å². The van der Waals surface area contributed by atoms with Crippen LogP contribution in [-0.2, 0) is 11.0 Å². The van der Waals surface area contributed by atoms with Crippen molar-refractivity contribution in [2.24, 2.45) is 0 Å². The second-order valence-corrected chi connectivity index (χ2v) is 7.11. The Bertz CT molecular complexity index is 902. The van der Waals surface area contributed by atoms with E-state index in [1.54, 1.807) is 48.7 Å². The fraction of sp³-hybridized carbons (Fsp3) is 0. The molecule has 0 saturated carbocycles. The Labute approximate surface area is 156 Å². The summed E-state index contributed by atoms with van der Waals surface area (Å²) in [5, 5.41) is 2.75. The Hall–Kier alpha value is -2.51. The maximum absolute atomic E-state index is 12.4. The smallest absolute Gasteiger partial charge is 0.274 e. The highest BCUT2D eigenvalue weighted by Gasteiger charge is 2.09. The Morgan fingerprint density at radius 3 is 2.36 bits per heavy atom. The third-order valence-electron chi connectivity index (χ3n) is 3.30. The fourth-order valence-corrected chi connectivity index (χ4v) is 3.45. The molecule has 1 amide bonds. The molecule has 5 nitrogen and oxygen atoms in total. The number of hydrogen-bond donors (Lipinski definition) is 2. The van der Waals surface area contributed by atoms with E-state index in [1.165, 1.54) is 0 Å². The summed E-state index contributed by atoms with van der Waals surface area (Å²) in [6, 6.07) is 19.4. The van der Waals surface area contributed by atoms with E-state index < -0.39 is 11.0 Å². The molecule has 0 fully saturated rings. The van der Waals surface area contributed by atoms with Crippen LogP contribution in [0.5, 0.6) is 0 Å². The number of carbonyl (C=O) groups excluding carboxylic acids is 1. The van der Waals surface area contributed by atoms with Crippen molar-refractivity contribution in [3.05, 3.63) is 83.1 Å². The van der Waals surface area contributed by atoms with Gasteiger partial charge in [-0.05, 0) is 64.5 Å². The number of rotatable bonds is 5. The summed E-state index contributed by atoms with van der Waals surface area (Å²) < 4.78 is 16.2. The summed E-state index contributed by atoms with van der Waals surface area (Å²) in [4.78, 5) is 16.7. The number of amides is 1. The van der Waals surface area contributed by atoms with E-state index in [0.29, 0.717) is 16.3 Å². The molecule has 0 bridgehead atoms. The number of aromatic nitrogens is 1. The van der Waals surface area contributed by atoms with Gasteiger partial charge in [0.15, 0.2) is 0 Å². The molecule has 0 spiro atoms. The predicted molar refractivity (Wildman–Crippen MR) is 103 cm³/mol. The molecule has 3 aromatic rings. The molecule has 7 heteroatoms. The van der Waals surface area contributed by atoms with Crippen LogP contribution in [0, 0.1) is 0 Å². The average molecular weight is 416 g/mol. The highest BCUT2D eigenvalue weighted by Crippen LogP contribution is 2.23. The number of carbonyl (C=O) groups is 1. The van der Waals surface area contributed by atoms with Crippen LogP contribution in [0.2, 0.25) is 0 Å². The highest BCUT2D eigenvalue weighted by molar-refractivity contribution is 9.10. The van der Waals surface area contributed by atoms with Crippen LogP contribution in [0.15, 0.2) is 82.3 Å². The van der Waals surface area contributed by atoms with Crippen LogP contribution in [0.3, 0.4) is 0 Å². The van der Waals surface area contributed by atoms with E-state index in [4.69, 9.17) is 0 Å². The van der Waals surface area contributed by atoms with Gasteiger partial charge >= 0.3 is 0 Å². The molecule has 0 aliphatic heterocycles. The van der Waals surface area contributed by atoms with Gasteiger partial charge in [-0.1, -0.05) is 18.2 Å². The number of benzene rings is 2. The zero-order valence-electron chi connectivity index (χ0n) is 13.0. The molecule has 1 atom stereocenters. The monoisotopic (exact) mass is 415 g/mol. The van der Waals surface area contributed by atoms with Gasteiger partial charge in [0.2, 0.25) is 0 Å². The molecule has 25 heavy (non-hydrogen) atoms. The lowest BCUT2D eigenvalue weighted by Crippen LogP contribution is -2.13. The lowest BCUT2D eigenvalue weighted by atomic mass is 10.3. The maximum atomic E-state index is 12.4.